The Balaban J connectivity index is 1.97. The van der Waals surface area contributed by atoms with E-state index in [1.807, 2.05) is 36.0 Å². The van der Waals surface area contributed by atoms with E-state index in [1.165, 1.54) is 0 Å². The van der Waals surface area contributed by atoms with Crippen molar-refractivity contribution in [1.29, 1.82) is 0 Å². The van der Waals surface area contributed by atoms with Crippen molar-refractivity contribution in [3.8, 4) is 0 Å². The summed E-state index contributed by atoms with van der Waals surface area (Å²) in [5.74, 6) is 0. The standard InChI is InChI=1S/C14H12ClN3S/c1-9(10-3-2-6-16-7-10)18-13-11(15)4-5-12-14(13)17-8-19-12/h2-9,18H,1H3. The van der Waals surface area contributed by atoms with Crippen LogP contribution >= 0.6 is 22.9 Å². The van der Waals surface area contributed by atoms with Crippen LogP contribution in [0.5, 0.6) is 0 Å². The molecule has 0 spiro atoms. The molecule has 1 N–H and O–H groups in total. The second-order valence-corrected chi connectivity index (χ2v) is 5.57. The van der Waals surface area contributed by atoms with Crippen LogP contribution in [-0.2, 0) is 0 Å². The van der Waals surface area contributed by atoms with Crippen LogP contribution in [0.4, 0.5) is 5.69 Å². The number of fused-ring (bicyclic) bond motifs is 1. The number of aromatic nitrogens is 2. The molecule has 0 bridgehead atoms. The van der Waals surface area contributed by atoms with E-state index in [9.17, 15) is 0 Å². The zero-order valence-electron chi connectivity index (χ0n) is 10.3. The van der Waals surface area contributed by atoms with Gasteiger partial charge in [-0.25, -0.2) is 4.98 Å². The summed E-state index contributed by atoms with van der Waals surface area (Å²) in [5.41, 5.74) is 4.76. The Labute approximate surface area is 120 Å². The highest BCUT2D eigenvalue weighted by molar-refractivity contribution is 7.16. The SMILES string of the molecule is CC(Nc1c(Cl)ccc2scnc12)c1cccnc1. The van der Waals surface area contributed by atoms with Gasteiger partial charge in [-0.2, -0.15) is 0 Å². The molecule has 1 aromatic carbocycles. The van der Waals surface area contributed by atoms with Gasteiger partial charge < -0.3 is 5.32 Å². The van der Waals surface area contributed by atoms with Crippen LogP contribution in [-0.4, -0.2) is 9.97 Å². The van der Waals surface area contributed by atoms with Crippen molar-refractivity contribution < 1.29 is 0 Å². The van der Waals surface area contributed by atoms with Gasteiger partial charge in [0, 0.05) is 12.4 Å². The van der Waals surface area contributed by atoms with Gasteiger partial charge in [-0.15, -0.1) is 11.3 Å². The van der Waals surface area contributed by atoms with Crippen molar-refractivity contribution in [3.05, 3.63) is 52.8 Å². The molecule has 3 rings (SSSR count). The third-order valence-corrected chi connectivity index (χ3v) is 4.11. The molecule has 0 saturated heterocycles. The van der Waals surface area contributed by atoms with Gasteiger partial charge in [0.25, 0.3) is 0 Å². The number of nitrogens with zero attached hydrogens (tertiary/aromatic N) is 2. The first-order valence-corrected chi connectivity index (χ1v) is 7.19. The number of halogens is 1. The number of benzene rings is 1. The molecule has 0 aliphatic heterocycles. The lowest BCUT2D eigenvalue weighted by atomic mass is 10.1. The number of pyridine rings is 1. The van der Waals surface area contributed by atoms with Crippen LogP contribution in [0.25, 0.3) is 10.2 Å². The van der Waals surface area contributed by atoms with Crippen molar-refractivity contribution in [3.63, 3.8) is 0 Å². The maximum atomic E-state index is 6.28. The fourth-order valence-corrected chi connectivity index (χ4v) is 2.87. The lowest BCUT2D eigenvalue weighted by Gasteiger charge is -2.16. The summed E-state index contributed by atoms with van der Waals surface area (Å²) in [6.07, 6.45) is 3.62. The first kappa shape index (κ1) is 12.4. The van der Waals surface area contributed by atoms with Crippen LogP contribution < -0.4 is 5.32 Å². The molecule has 0 amide bonds. The lowest BCUT2D eigenvalue weighted by Crippen LogP contribution is -2.07. The Morgan fingerprint density at radius 1 is 1.32 bits per heavy atom. The van der Waals surface area contributed by atoms with Gasteiger partial charge in [-0.3, -0.25) is 4.98 Å². The molecule has 2 heterocycles. The highest BCUT2D eigenvalue weighted by atomic mass is 35.5. The predicted molar refractivity (Wildman–Crippen MR) is 80.9 cm³/mol. The summed E-state index contributed by atoms with van der Waals surface area (Å²) in [6, 6.07) is 7.99. The highest BCUT2D eigenvalue weighted by Crippen LogP contribution is 2.34. The first-order chi connectivity index (χ1) is 9.25. The van der Waals surface area contributed by atoms with Crippen LogP contribution in [0.1, 0.15) is 18.5 Å². The number of thiazole rings is 1. The molecule has 5 heteroatoms. The molecule has 3 nitrogen and oxygen atoms in total. The third kappa shape index (κ3) is 2.41. The number of nitrogens with one attached hydrogen (secondary N) is 1. The molecule has 0 saturated carbocycles. The maximum absolute atomic E-state index is 6.28. The zero-order chi connectivity index (χ0) is 13.2. The molecule has 19 heavy (non-hydrogen) atoms. The Bertz CT molecular complexity index is 696. The molecule has 0 aliphatic carbocycles. The van der Waals surface area contributed by atoms with E-state index in [-0.39, 0.29) is 6.04 Å². The number of rotatable bonds is 3. The van der Waals surface area contributed by atoms with Gasteiger partial charge in [0.2, 0.25) is 0 Å². The first-order valence-electron chi connectivity index (χ1n) is 5.94. The van der Waals surface area contributed by atoms with E-state index in [1.54, 1.807) is 17.5 Å². The molecule has 0 fully saturated rings. The average molecular weight is 290 g/mol. The lowest BCUT2D eigenvalue weighted by molar-refractivity contribution is 0.877. The van der Waals surface area contributed by atoms with Crippen LogP contribution in [0.3, 0.4) is 0 Å². The minimum Gasteiger partial charge on any atom is -0.375 e. The van der Waals surface area contributed by atoms with Crippen molar-refractivity contribution in [2.24, 2.45) is 0 Å². The fraction of sp³-hybridized carbons (Fsp3) is 0.143. The topological polar surface area (TPSA) is 37.8 Å². The van der Waals surface area contributed by atoms with Gasteiger partial charge in [0.05, 0.1) is 27.0 Å². The fourth-order valence-electron chi connectivity index (χ4n) is 1.98. The number of anilines is 1. The maximum Gasteiger partial charge on any atom is 0.106 e. The van der Waals surface area contributed by atoms with Crippen molar-refractivity contribution in [2.45, 2.75) is 13.0 Å². The highest BCUT2D eigenvalue weighted by Gasteiger charge is 2.12. The zero-order valence-corrected chi connectivity index (χ0v) is 11.9. The van der Waals surface area contributed by atoms with Crippen molar-refractivity contribution >= 4 is 38.8 Å². The molecular weight excluding hydrogens is 278 g/mol. The van der Waals surface area contributed by atoms with E-state index in [2.05, 4.69) is 22.2 Å². The molecule has 96 valence electrons. The second-order valence-electron chi connectivity index (χ2n) is 4.27. The minimum absolute atomic E-state index is 0.124. The summed E-state index contributed by atoms with van der Waals surface area (Å²) in [5, 5.41) is 4.12. The van der Waals surface area contributed by atoms with Gasteiger partial charge in [0.15, 0.2) is 0 Å². The van der Waals surface area contributed by atoms with E-state index in [4.69, 9.17) is 11.6 Å². The molecule has 1 unspecified atom stereocenters. The molecule has 2 aromatic heterocycles. The van der Waals surface area contributed by atoms with Crippen LogP contribution in [0.2, 0.25) is 5.02 Å². The monoisotopic (exact) mass is 289 g/mol. The molecule has 3 aromatic rings. The Morgan fingerprint density at radius 3 is 3.00 bits per heavy atom. The van der Waals surface area contributed by atoms with E-state index in [0.717, 1.165) is 21.5 Å². The van der Waals surface area contributed by atoms with Gasteiger partial charge in [-0.05, 0) is 30.7 Å². The van der Waals surface area contributed by atoms with Gasteiger partial charge in [0.1, 0.15) is 5.52 Å². The molecule has 0 radical (unpaired) electrons. The summed E-state index contributed by atoms with van der Waals surface area (Å²) in [4.78, 5) is 8.52. The van der Waals surface area contributed by atoms with Crippen molar-refractivity contribution in [2.75, 3.05) is 5.32 Å². The van der Waals surface area contributed by atoms with Crippen LogP contribution in [0.15, 0.2) is 42.2 Å². The van der Waals surface area contributed by atoms with Gasteiger partial charge >= 0.3 is 0 Å². The summed E-state index contributed by atoms with van der Waals surface area (Å²) in [7, 11) is 0. The Morgan fingerprint density at radius 2 is 2.21 bits per heavy atom. The summed E-state index contributed by atoms with van der Waals surface area (Å²) < 4.78 is 1.13. The van der Waals surface area contributed by atoms with Crippen LogP contribution in [0, 0.1) is 0 Å². The average Bonchev–Trinajstić information content (AvgIpc) is 2.91. The predicted octanol–water partition coefficient (Wildman–Crippen LogP) is 4.52. The minimum atomic E-state index is 0.124. The smallest absolute Gasteiger partial charge is 0.106 e. The second kappa shape index (κ2) is 5.15. The van der Waals surface area contributed by atoms with Gasteiger partial charge in [-0.1, -0.05) is 17.7 Å². The van der Waals surface area contributed by atoms with E-state index in [0.29, 0.717) is 5.02 Å². The van der Waals surface area contributed by atoms with E-state index < -0.39 is 0 Å². The Hall–Kier alpha value is -1.65. The quantitative estimate of drug-likeness (QED) is 0.770. The van der Waals surface area contributed by atoms with E-state index >= 15 is 0 Å². The third-order valence-electron chi connectivity index (χ3n) is 3.00. The van der Waals surface area contributed by atoms with Crippen molar-refractivity contribution in [1.82, 2.24) is 9.97 Å². The molecule has 1 atom stereocenters. The Kier molecular flexibility index (Phi) is 3.36. The number of hydrogen-bond donors (Lipinski definition) is 1. The summed E-state index contributed by atoms with van der Waals surface area (Å²) >= 11 is 7.89. The summed E-state index contributed by atoms with van der Waals surface area (Å²) in [6.45, 7) is 2.08. The number of hydrogen-bond acceptors (Lipinski definition) is 4. The largest absolute Gasteiger partial charge is 0.375 e. The molecule has 0 aliphatic rings. The normalized spacial score (nSPS) is 12.5. The molecular formula is C14H12ClN3S.